The normalized spacial score (nSPS) is 15.6. The van der Waals surface area contributed by atoms with Crippen molar-refractivity contribution < 1.29 is 9.53 Å². The minimum absolute atomic E-state index is 0.0920. The van der Waals surface area contributed by atoms with E-state index in [1.165, 1.54) is 0 Å². The van der Waals surface area contributed by atoms with Crippen molar-refractivity contribution in [2.24, 2.45) is 0 Å². The lowest BCUT2D eigenvalue weighted by Crippen LogP contribution is -2.35. The van der Waals surface area contributed by atoms with Crippen molar-refractivity contribution >= 4 is 40.7 Å². The molecular formula is C24H22Cl3N3O2. The van der Waals surface area contributed by atoms with Crippen LogP contribution in [0.25, 0.3) is 22.4 Å². The van der Waals surface area contributed by atoms with Crippen molar-refractivity contribution in [1.82, 2.24) is 15.6 Å². The number of aromatic nitrogens is 1. The van der Waals surface area contributed by atoms with E-state index in [2.05, 4.69) is 15.6 Å². The monoisotopic (exact) mass is 489 g/mol. The average Bonchev–Trinajstić information content (AvgIpc) is 3.20. The second-order valence-electron chi connectivity index (χ2n) is 7.56. The molecule has 1 aliphatic rings. The molecule has 0 spiro atoms. The Labute approximate surface area is 202 Å². The van der Waals surface area contributed by atoms with Crippen molar-refractivity contribution in [3.8, 4) is 28.3 Å². The predicted octanol–water partition coefficient (Wildman–Crippen LogP) is 5.75. The standard InChI is InChI=1S/C24H22Cl3N3O2/c1-32-24-18(13-28-12-14-9-10-22(31)29-14)20(26)11-21(30-24)17-7-4-6-16(23(17)27)15-5-2-3-8-19(15)25/h2-8,11,14,28H,9-10,12-13H2,1H3,(H,29,31). The highest BCUT2D eigenvalue weighted by Gasteiger charge is 2.21. The van der Waals surface area contributed by atoms with Crippen LogP contribution in [-0.4, -0.2) is 30.6 Å². The van der Waals surface area contributed by atoms with Crippen LogP contribution in [0.2, 0.25) is 15.1 Å². The number of rotatable bonds is 7. The van der Waals surface area contributed by atoms with Crippen LogP contribution in [0.5, 0.6) is 5.88 Å². The Morgan fingerprint density at radius 3 is 2.53 bits per heavy atom. The van der Waals surface area contributed by atoms with Gasteiger partial charge in [-0.15, -0.1) is 0 Å². The number of methoxy groups -OCH3 is 1. The highest BCUT2D eigenvalue weighted by molar-refractivity contribution is 6.38. The summed E-state index contributed by atoms with van der Waals surface area (Å²) in [6, 6.07) is 15.2. The molecule has 1 aliphatic heterocycles. The summed E-state index contributed by atoms with van der Waals surface area (Å²) in [6.07, 6.45) is 1.40. The van der Waals surface area contributed by atoms with Crippen molar-refractivity contribution in [2.45, 2.75) is 25.4 Å². The molecule has 0 aliphatic carbocycles. The van der Waals surface area contributed by atoms with Gasteiger partial charge in [-0.05, 0) is 18.6 Å². The van der Waals surface area contributed by atoms with E-state index in [0.717, 1.165) is 28.7 Å². The third-order valence-corrected chi connectivity index (χ3v) is 6.52. The first kappa shape index (κ1) is 22.9. The number of nitrogens with one attached hydrogen (secondary N) is 2. The van der Waals surface area contributed by atoms with Gasteiger partial charge in [0.05, 0.1) is 22.8 Å². The minimum Gasteiger partial charge on any atom is -0.481 e. The van der Waals surface area contributed by atoms with E-state index in [0.29, 0.717) is 46.2 Å². The lowest BCUT2D eigenvalue weighted by Gasteiger charge is -2.16. The maximum atomic E-state index is 11.4. The number of carbonyl (C=O) groups is 1. The first-order chi connectivity index (χ1) is 15.5. The third-order valence-electron chi connectivity index (χ3n) is 5.44. The molecule has 2 heterocycles. The number of amides is 1. The van der Waals surface area contributed by atoms with E-state index >= 15 is 0 Å². The molecule has 0 radical (unpaired) electrons. The van der Waals surface area contributed by atoms with Crippen LogP contribution in [0.15, 0.2) is 48.5 Å². The van der Waals surface area contributed by atoms with Gasteiger partial charge in [0, 0.05) is 52.8 Å². The van der Waals surface area contributed by atoms with Crippen LogP contribution in [-0.2, 0) is 11.3 Å². The fraction of sp³-hybridized carbons (Fsp3) is 0.250. The molecular weight excluding hydrogens is 469 g/mol. The summed E-state index contributed by atoms with van der Waals surface area (Å²) in [7, 11) is 1.56. The smallest absolute Gasteiger partial charge is 0.220 e. The summed E-state index contributed by atoms with van der Waals surface area (Å²) in [5.74, 6) is 0.518. The van der Waals surface area contributed by atoms with Crippen molar-refractivity contribution in [2.75, 3.05) is 13.7 Å². The number of halogens is 3. The summed E-state index contributed by atoms with van der Waals surface area (Å²) in [5.41, 5.74) is 3.76. The minimum atomic E-state index is 0.0920. The number of carbonyl (C=O) groups excluding carboxylic acids is 1. The summed E-state index contributed by atoms with van der Waals surface area (Å²) >= 11 is 19.8. The van der Waals surface area contributed by atoms with E-state index in [1.807, 2.05) is 42.5 Å². The Morgan fingerprint density at radius 2 is 1.81 bits per heavy atom. The maximum Gasteiger partial charge on any atom is 0.220 e. The van der Waals surface area contributed by atoms with Gasteiger partial charge >= 0.3 is 0 Å². The molecule has 0 saturated carbocycles. The molecule has 5 nitrogen and oxygen atoms in total. The van der Waals surface area contributed by atoms with Crippen LogP contribution >= 0.6 is 34.8 Å². The Morgan fingerprint density at radius 1 is 1.06 bits per heavy atom. The molecule has 1 fully saturated rings. The molecule has 1 amide bonds. The topological polar surface area (TPSA) is 63.2 Å². The largest absolute Gasteiger partial charge is 0.481 e. The summed E-state index contributed by atoms with van der Waals surface area (Å²) in [4.78, 5) is 16.0. The zero-order valence-electron chi connectivity index (χ0n) is 17.4. The van der Waals surface area contributed by atoms with Gasteiger partial charge in [0.25, 0.3) is 0 Å². The average molecular weight is 491 g/mol. The SMILES string of the molecule is COc1nc(-c2cccc(-c3ccccc3Cl)c2Cl)cc(Cl)c1CNCC1CCC(=O)N1. The van der Waals surface area contributed by atoms with E-state index < -0.39 is 0 Å². The lowest BCUT2D eigenvalue weighted by atomic mass is 10.0. The van der Waals surface area contributed by atoms with Crippen LogP contribution in [0, 0.1) is 0 Å². The Hall–Kier alpha value is -2.31. The van der Waals surface area contributed by atoms with E-state index in [-0.39, 0.29) is 11.9 Å². The van der Waals surface area contributed by atoms with Gasteiger partial charge in [-0.1, -0.05) is 71.2 Å². The molecule has 166 valence electrons. The van der Waals surface area contributed by atoms with E-state index in [1.54, 1.807) is 13.2 Å². The predicted molar refractivity (Wildman–Crippen MR) is 130 cm³/mol. The lowest BCUT2D eigenvalue weighted by molar-refractivity contribution is -0.119. The first-order valence-electron chi connectivity index (χ1n) is 10.2. The number of hydrogen-bond acceptors (Lipinski definition) is 4. The molecule has 2 N–H and O–H groups in total. The third kappa shape index (κ3) is 4.86. The quantitative estimate of drug-likeness (QED) is 0.442. The summed E-state index contributed by atoms with van der Waals surface area (Å²) in [6.45, 7) is 1.12. The van der Waals surface area contributed by atoms with Crippen molar-refractivity contribution in [1.29, 1.82) is 0 Å². The molecule has 3 aromatic rings. The highest BCUT2D eigenvalue weighted by atomic mass is 35.5. The van der Waals surface area contributed by atoms with E-state index in [4.69, 9.17) is 39.5 Å². The number of ether oxygens (including phenoxy) is 1. The Balaban J connectivity index is 1.61. The van der Waals surface area contributed by atoms with Crippen LogP contribution < -0.4 is 15.4 Å². The van der Waals surface area contributed by atoms with Crippen LogP contribution in [0.4, 0.5) is 0 Å². The molecule has 0 bridgehead atoms. The van der Waals surface area contributed by atoms with Gasteiger partial charge in [0.15, 0.2) is 0 Å². The highest BCUT2D eigenvalue weighted by Crippen LogP contribution is 2.40. The molecule has 8 heteroatoms. The van der Waals surface area contributed by atoms with Gasteiger partial charge in [0.1, 0.15) is 0 Å². The second kappa shape index (κ2) is 10.1. The zero-order valence-corrected chi connectivity index (χ0v) is 19.7. The van der Waals surface area contributed by atoms with Gasteiger partial charge in [-0.3, -0.25) is 4.79 Å². The number of nitrogens with zero attached hydrogens (tertiary/aromatic N) is 1. The van der Waals surface area contributed by atoms with E-state index in [9.17, 15) is 4.79 Å². The fourth-order valence-electron chi connectivity index (χ4n) is 3.80. The van der Waals surface area contributed by atoms with Crippen LogP contribution in [0.1, 0.15) is 18.4 Å². The number of benzene rings is 2. The van der Waals surface area contributed by atoms with Gasteiger partial charge < -0.3 is 15.4 Å². The first-order valence-corrected chi connectivity index (χ1v) is 11.4. The van der Waals surface area contributed by atoms with Gasteiger partial charge in [-0.25, -0.2) is 4.98 Å². The molecule has 4 rings (SSSR count). The van der Waals surface area contributed by atoms with Gasteiger partial charge in [0.2, 0.25) is 11.8 Å². The molecule has 2 aromatic carbocycles. The Bertz CT molecular complexity index is 1150. The van der Waals surface area contributed by atoms with Crippen molar-refractivity contribution in [3.63, 3.8) is 0 Å². The number of pyridine rings is 1. The number of hydrogen-bond donors (Lipinski definition) is 2. The zero-order chi connectivity index (χ0) is 22.7. The molecule has 1 aromatic heterocycles. The summed E-state index contributed by atoms with van der Waals surface area (Å²) < 4.78 is 5.53. The van der Waals surface area contributed by atoms with Gasteiger partial charge in [-0.2, -0.15) is 0 Å². The summed E-state index contributed by atoms with van der Waals surface area (Å²) in [5, 5.41) is 7.94. The Kier molecular flexibility index (Phi) is 7.21. The van der Waals surface area contributed by atoms with Crippen molar-refractivity contribution in [3.05, 3.63) is 69.2 Å². The van der Waals surface area contributed by atoms with Crippen LogP contribution in [0.3, 0.4) is 0 Å². The molecule has 32 heavy (non-hydrogen) atoms. The molecule has 1 unspecified atom stereocenters. The maximum absolute atomic E-state index is 11.4. The molecule has 1 atom stereocenters. The second-order valence-corrected chi connectivity index (χ2v) is 8.75. The molecule has 1 saturated heterocycles. The fourth-order valence-corrected chi connectivity index (χ4v) is 4.62.